The fraction of sp³-hybridized carbons (Fsp3) is 0.948. The molecule has 0 rings (SSSR count). The molecule has 0 amide bonds. The summed E-state index contributed by atoms with van der Waals surface area (Å²) >= 11 is 0. The van der Waals surface area contributed by atoms with Crippen LogP contribution in [0.2, 0.25) is 0 Å². The summed E-state index contributed by atoms with van der Waals surface area (Å²) in [5.41, 5.74) is 0. The Morgan fingerprint density at radius 3 is 0.812 bits per heavy atom. The SMILES string of the molecule is CCC(C)CCCCCCCCCCCCCCCCCCCCC(=O)OC[C@@H](COC(=O)CCCCCCCCCC(C)C)OC(=O)CCCCCCCCCCCCC(C)CC. The summed E-state index contributed by atoms with van der Waals surface area (Å²) in [6.07, 6.45) is 51.0. The van der Waals surface area contributed by atoms with Gasteiger partial charge < -0.3 is 14.2 Å². The van der Waals surface area contributed by atoms with Crippen LogP contribution >= 0.6 is 0 Å². The van der Waals surface area contributed by atoms with Crippen molar-refractivity contribution in [1.82, 2.24) is 0 Å². The Hall–Kier alpha value is -1.59. The minimum atomic E-state index is -0.764. The van der Waals surface area contributed by atoms with Crippen molar-refractivity contribution >= 4 is 17.9 Å². The standard InChI is InChI=1S/C58H112O6/c1-7-53(5)45-39-33-27-21-17-15-13-11-9-10-12-14-16-18-23-29-35-41-47-56(59)62-50-55(51-63-57(60)48-42-36-31-25-26-32-38-44-52(3)4)64-58(61)49-43-37-30-24-20-19-22-28-34-40-46-54(6)8-2/h52-55H,7-51H2,1-6H3/t53?,54?,55-/m0/s1. The summed E-state index contributed by atoms with van der Waals surface area (Å²) in [5, 5.41) is 0. The number of carbonyl (C=O) groups is 3. The van der Waals surface area contributed by atoms with Crippen LogP contribution in [0.15, 0.2) is 0 Å². The molecule has 3 atom stereocenters. The van der Waals surface area contributed by atoms with Crippen LogP contribution in [0.5, 0.6) is 0 Å². The Balaban J connectivity index is 4.20. The van der Waals surface area contributed by atoms with Gasteiger partial charge in [0.05, 0.1) is 0 Å². The van der Waals surface area contributed by atoms with E-state index < -0.39 is 6.10 Å². The Bertz CT molecular complexity index is 995. The lowest BCUT2D eigenvalue weighted by Crippen LogP contribution is -2.30. The highest BCUT2D eigenvalue weighted by Gasteiger charge is 2.19. The van der Waals surface area contributed by atoms with Crippen LogP contribution in [0.4, 0.5) is 0 Å². The normalized spacial score (nSPS) is 13.0. The maximum absolute atomic E-state index is 12.8. The molecule has 6 nitrogen and oxygen atoms in total. The van der Waals surface area contributed by atoms with Crippen LogP contribution < -0.4 is 0 Å². The van der Waals surface area contributed by atoms with Gasteiger partial charge in [0.15, 0.2) is 6.10 Å². The topological polar surface area (TPSA) is 78.9 Å². The Morgan fingerprint density at radius 2 is 0.547 bits per heavy atom. The fourth-order valence-electron chi connectivity index (χ4n) is 8.76. The molecule has 0 bridgehead atoms. The van der Waals surface area contributed by atoms with E-state index >= 15 is 0 Å². The number of ether oxygens (including phenoxy) is 3. The van der Waals surface area contributed by atoms with Crippen molar-refractivity contribution in [3.63, 3.8) is 0 Å². The maximum atomic E-state index is 12.8. The third-order valence-electron chi connectivity index (χ3n) is 13.9. The van der Waals surface area contributed by atoms with E-state index in [1.165, 1.54) is 199 Å². The minimum absolute atomic E-state index is 0.0645. The Labute approximate surface area is 399 Å². The monoisotopic (exact) mass is 905 g/mol. The predicted molar refractivity (Wildman–Crippen MR) is 275 cm³/mol. The van der Waals surface area contributed by atoms with Gasteiger partial charge >= 0.3 is 17.9 Å². The van der Waals surface area contributed by atoms with Crippen molar-refractivity contribution in [3.8, 4) is 0 Å². The highest BCUT2D eigenvalue weighted by Crippen LogP contribution is 2.19. The molecular weight excluding hydrogens is 793 g/mol. The summed E-state index contributed by atoms with van der Waals surface area (Å²) in [4.78, 5) is 38.0. The predicted octanol–water partition coefficient (Wildman–Crippen LogP) is 18.7. The zero-order valence-electron chi connectivity index (χ0n) is 44.1. The van der Waals surface area contributed by atoms with Crippen molar-refractivity contribution in [2.24, 2.45) is 17.8 Å². The summed E-state index contributed by atoms with van der Waals surface area (Å²) in [5.74, 6) is 1.71. The highest BCUT2D eigenvalue weighted by atomic mass is 16.6. The molecule has 0 fully saturated rings. The third kappa shape index (κ3) is 48.3. The molecule has 0 saturated heterocycles. The zero-order valence-corrected chi connectivity index (χ0v) is 44.1. The summed E-state index contributed by atoms with van der Waals surface area (Å²) in [6, 6.07) is 0. The molecule has 0 spiro atoms. The highest BCUT2D eigenvalue weighted by molar-refractivity contribution is 5.71. The smallest absolute Gasteiger partial charge is 0.306 e. The second-order valence-corrected chi connectivity index (χ2v) is 20.9. The lowest BCUT2D eigenvalue weighted by molar-refractivity contribution is -0.167. The average Bonchev–Trinajstić information content (AvgIpc) is 3.28. The number of esters is 3. The largest absolute Gasteiger partial charge is 0.462 e. The van der Waals surface area contributed by atoms with E-state index in [0.29, 0.717) is 19.3 Å². The molecule has 0 aliphatic carbocycles. The summed E-state index contributed by atoms with van der Waals surface area (Å²) in [6.45, 7) is 13.8. The quantitative estimate of drug-likeness (QED) is 0.0344. The minimum Gasteiger partial charge on any atom is -0.462 e. The zero-order chi connectivity index (χ0) is 47.0. The van der Waals surface area contributed by atoms with Gasteiger partial charge in [-0.25, -0.2) is 0 Å². The first-order valence-electron chi connectivity index (χ1n) is 28.7. The van der Waals surface area contributed by atoms with Gasteiger partial charge in [0.2, 0.25) is 0 Å². The molecular formula is C58H112O6. The first-order valence-corrected chi connectivity index (χ1v) is 28.7. The van der Waals surface area contributed by atoms with Crippen LogP contribution in [0.3, 0.4) is 0 Å². The van der Waals surface area contributed by atoms with Gasteiger partial charge in [0.1, 0.15) is 13.2 Å². The molecule has 380 valence electrons. The van der Waals surface area contributed by atoms with Crippen LogP contribution in [0, 0.1) is 17.8 Å². The molecule has 0 aliphatic heterocycles. The first-order chi connectivity index (χ1) is 31.2. The van der Waals surface area contributed by atoms with E-state index in [1.54, 1.807) is 0 Å². The number of hydrogen-bond donors (Lipinski definition) is 0. The average molecular weight is 906 g/mol. The van der Waals surface area contributed by atoms with Gasteiger partial charge in [-0.15, -0.1) is 0 Å². The molecule has 2 unspecified atom stereocenters. The molecule has 64 heavy (non-hydrogen) atoms. The van der Waals surface area contributed by atoms with Gasteiger partial charge in [-0.1, -0.05) is 279 Å². The molecule has 0 saturated carbocycles. The maximum Gasteiger partial charge on any atom is 0.306 e. The van der Waals surface area contributed by atoms with Crippen molar-refractivity contribution in [3.05, 3.63) is 0 Å². The molecule has 0 N–H and O–H groups in total. The van der Waals surface area contributed by atoms with Crippen LogP contribution in [0.25, 0.3) is 0 Å². The lowest BCUT2D eigenvalue weighted by atomic mass is 9.99. The number of unbranched alkanes of at least 4 members (excludes halogenated alkanes) is 32. The van der Waals surface area contributed by atoms with Crippen molar-refractivity contribution in [1.29, 1.82) is 0 Å². The van der Waals surface area contributed by atoms with Crippen LogP contribution in [0.1, 0.15) is 318 Å². The van der Waals surface area contributed by atoms with E-state index in [-0.39, 0.29) is 31.1 Å². The van der Waals surface area contributed by atoms with Crippen LogP contribution in [-0.4, -0.2) is 37.2 Å². The van der Waals surface area contributed by atoms with Crippen molar-refractivity contribution in [2.45, 2.75) is 324 Å². The molecule has 0 aromatic rings. The van der Waals surface area contributed by atoms with Crippen molar-refractivity contribution in [2.75, 3.05) is 13.2 Å². The van der Waals surface area contributed by atoms with Gasteiger partial charge in [-0.2, -0.15) is 0 Å². The Morgan fingerprint density at radius 1 is 0.312 bits per heavy atom. The van der Waals surface area contributed by atoms with E-state index in [2.05, 4.69) is 41.5 Å². The second-order valence-electron chi connectivity index (χ2n) is 20.9. The first kappa shape index (κ1) is 62.4. The van der Waals surface area contributed by atoms with E-state index in [4.69, 9.17) is 14.2 Å². The summed E-state index contributed by atoms with van der Waals surface area (Å²) < 4.78 is 16.8. The van der Waals surface area contributed by atoms with E-state index in [9.17, 15) is 14.4 Å². The fourth-order valence-corrected chi connectivity index (χ4v) is 8.76. The van der Waals surface area contributed by atoms with Gasteiger partial charge in [-0.3, -0.25) is 14.4 Å². The summed E-state index contributed by atoms with van der Waals surface area (Å²) in [7, 11) is 0. The van der Waals surface area contributed by atoms with Gasteiger partial charge in [-0.05, 0) is 37.0 Å². The number of carbonyl (C=O) groups excluding carboxylic acids is 3. The van der Waals surface area contributed by atoms with E-state index in [1.807, 2.05) is 0 Å². The van der Waals surface area contributed by atoms with Gasteiger partial charge in [0, 0.05) is 19.3 Å². The molecule has 0 heterocycles. The lowest BCUT2D eigenvalue weighted by Gasteiger charge is -2.18. The molecule has 0 aromatic heterocycles. The molecule has 0 aromatic carbocycles. The third-order valence-corrected chi connectivity index (χ3v) is 13.9. The molecule has 0 aliphatic rings. The van der Waals surface area contributed by atoms with Crippen molar-refractivity contribution < 1.29 is 28.6 Å². The van der Waals surface area contributed by atoms with E-state index in [0.717, 1.165) is 75.5 Å². The Kier molecular flexibility index (Phi) is 48.1. The number of rotatable bonds is 51. The second kappa shape index (κ2) is 49.3. The molecule has 6 heteroatoms. The van der Waals surface area contributed by atoms with Gasteiger partial charge in [0.25, 0.3) is 0 Å². The molecule has 0 radical (unpaired) electrons. The number of hydrogen-bond acceptors (Lipinski definition) is 6. The van der Waals surface area contributed by atoms with Crippen LogP contribution in [-0.2, 0) is 28.6 Å².